The van der Waals surface area contributed by atoms with E-state index < -0.39 is 5.91 Å². The molecule has 1 amide bonds. The highest BCUT2D eigenvalue weighted by molar-refractivity contribution is 5.94. The monoisotopic (exact) mass is 259 g/mol. The van der Waals surface area contributed by atoms with Crippen molar-refractivity contribution in [3.63, 3.8) is 0 Å². The highest BCUT2D eigenvalue weighted by atomic mass is 16.1. The van der Waals surface area contributed by atoms with E-state index in [9.17, 15) is 4.79 Å². The van der Waals surface area contributed by atoms with Crippen LogP contribution >= 0.6 is 0 Å². The Hall–Kier alpha value is -2.20. The number of piperidine rings is 1. The first kappa shape index (κ1) is 13.2. The molecule has 2 rings (SSSR count). The van der Waals surface area contributed by atoms with Crippen molar-refractivity contribution in [2.75, 3.05) is 11.4 Å². The van der Waals surface area contributed by atoms with E-state index in [2.05, 4.69) is 21.8 Å². The number of amides is 1. The van der Waals surface area contributed by atoms with Gasteiger partial charge >= 0.3 is 0 Å². The Kier molecular flexibility index (Phi) is 3.92. The Bertz CT molecular complexity index is 536. The molecule has 1 unspecified atom stereocenters. The molecule has 0 aliphatic carbocycles. The second-order valence-corrected chi connectivity index (χ2v) is 4.80. The predicted molar refractivity (Wildman–Crippen MR) is 74.4 cm³/mol. The molecule has 1 saturated heterocycles. The summed E-state index contributed by atoms with van der Waals surface area (Å²) >= 11 is 0. The number of nitrogens with two attached hydrogens (primary N) is 1. The SMILES string of the molecule is CC1CCCCN1c1ccc(C(N)=O)cc1N=[N+]=[N-]. The van der Waals surface area contributed by atoms with Gasteiger partial charge in [0.25, 0.3) is 0 Å². The predicted octanol–water partition coefficient (Wildman–Crippen LogP) is 3.11. The summed E-state index contributed by atoms with van der Waals surface area (Å²) < 4.78 is 0. The fraction of sp³-hybridized carbons (Fsp3) is 0.462. The van der Waals surface area contributed by atoms with Gasteiger partial charge in [0, 0.05) is 28.7 Å². The minimum absolute atomic E-state index is 0.357. The van der Waals surface area contributed by atoms with Gasteiger partial charge in [0.15, 0.2) is 0 Å². The van der Waals surface area contributed by atoms with E-state index in [4.69, 9.17) is 11.3 Å². The van der Waals surface area contributed by atoms with Gasteiger partial charge in [-0.15, -0.1) is 0 Å². The van der Waals surface area contributed by atoms with Gasteiger partial charge < -0.3 is 10.6 Å². The van der Waals surface area contributed by atoms with Gasteiger partial charge in [0.05, 0.1) is 5.69 Å². The van der Waals surface area contributed by atoms with Crippen LogP contribution in [0.5, 0.6) is 0 Å². The van der Waals surface area contributed by atoms with Gasteiger partial charge in [-0.1, -0.05) is 5.11 Å². The third-order valence-electron chi connectivity index (χ3n) is 3.52. The topological polar surface area (TPSA) is 95.1 Å². The number of rotatable bonds is 3. The molecular weight excluding hydrogens is 242 g/mol. The van der Waals surface area contributed by atoms with Crippen LogP contribution in [-0.2, 0) is 0 Å². The maximum atomic E-state index is 11.2. The molecule has 1 atom stereocenters. The van der Waals surface area contributed by atoms with Crippen molar-refractivity contribution in [2.24, 2.45) is 10.8 Å². The quantitative estimate of drug-likeness (QED) is 0.512. The Balaban J connectivity index is 2.43. The third-order valence-corrected chi connectivity index (χ3v) is 3.52. The molecule has 2 N–H and O–H groups in total. The van der Waals surface area contributed by atoms with Crippen LogP contribution < -0.4 is 10.6 Å². The molecule has 100 valence electrons. The van der Waals surface area contributed by atoms with Crippen LogP contribution in [0, 0.1) is 0 Å². The number of nitrogens with zero attached hydrogens (tertiary/aromatic N) is 4. The number of primary amides is 1. The second-order valence-electron chi connectivity index (χ2n) is 4.80. The average Bonchev–Trinajstić information content (AvgIpc) is 2.40. The Morgan fingerprint density at radius 1 is 1.53 bits per heavy atom. The molecule has 1 aliphatic rings. The Morgan fingerprint density at radius 3 is 2.95 bits per heavy atom. The van der Waals surface area contributed by atoms with E-state index in [1.165, 1.54) is 6.42 Å². The fourth-order valence-electron chi connectivity index (χ4n) is 2.50. The summed E-state index contributed by atoms with van der Waals surface area (Å²) in [6, 6.07) is 5.45. The van der Waals surface area contributed by atoms with Crippen molar-refractivity contribution in [3.05, 3.63) is 34.2 Å². The second kappa shape index (κ2) is 5.63. The summed E-state index contributed by atoms with van der Waals surface area (Å²) in [5.74, 6) is -0.521. The number of carbonyl (C=O) groups is 1. The normalized spacial score (nSPS) is 18.8. The van der Waals surface area contributed by atoms with Crippen molar-refractivity contribution in [2.45, 2.75) is 32.2 Å². The lowest BCUT2D eigenvalue weighted by molar-refractivity contribution is 0.100. The molecule has 1 fully saturated rings. The first-order valence-electron chi connectivity index (χ1n) is 6.39. The lowest BCUT2D eigenvalue weighted by atomic mass is 10.0. The van der Waals surface area contributed by atoms with Crippen LogP contribution in [0.4, 0.5) is 11.4 Å². The molecule has 1 aromatic rings. The first-order chi connectivity index (χ1) is 9.13. The highest BCUT2D eigenvalue weighted by Crippen LogP contribution is 2.34. The number of anilines is 1. The van der Waals surface area contributed by atoms with E-state index in [1.54, 1.807) is 12.1 Å². The van der Waals surface area contributed by atoms with Crippen molar-refractivity contribution >= 4 is 17.3 Å². The van der Waals surface area contributed by atoms with Crippen LogP contribution in [0.3, 0.4) is 0 Å². The third kappa shape index (κ3) is 2.80. The maximum absolute atomic E-state index is 11.2. The molecular formula is C13H17N5O. The number of hydrogen-bond donors (Lipinski definition) is 1. The maximum Gasteiger partial charge on any atom is 0.248 e. The number of hydrogen-bond acceptors (Lipinski definition) is 3. The summed E-state index contributed by atoms with van der Waals surface area (Å²) in [5, 5.41) is 3.69. The standard InChI is InChI=1S/C13H17N5O/c1-9-4-2-3-7-18(9)12-6-5-10(13(14)19)8-11(12)16-17-15/h5-6,8-9H,2-4,7H2,1H3,(H2,14,19). The van der Waals surface area contributed by atoms with Crippen LogP contribution in [0.15, 0.2) is 23.3 Å². The minimum Gasteiger partial charge on any atom is -0.368 e. The first-order valence-corrected chi connectivity index (χ1v) is 6.39. The molecule has 0 bridgehead atoms. The smallest absolute Gasteiger partial charge is 0.248 e. The van der Waals surface area contributed by atoms with Gasteiger partial charge in [-0.25, -0.2) is 0 Å². The van der Waals surface area contributed by atoms with Crippen molar-refractivity contribution in [3.8, 4) is 0 Å². The fourth-order valence-corrected chi connectivity index (χ4v) is 2.50. The lowest BCUT2D eigenvalue weighted by Crippen LogP contribution is -2.37. The molecule has 1 aliphatic heterocycles. The van der Waals surface area contributed by atoms with Crippen molar-refractivity contribution in [1.29, 1.82) is 0 Å². The molecule has 0 radical (unpaired) electrons. The van der Waals surface area contributed by atoms with Crippen LogP contribution in [-0.4, -0.2) is 18.5 Å². The summed E-state index contributed by atoms with van der Waals surface area (Å²) in [4.78, 5) is 16.2. The largest absolute Gasteiger partial charge is 0.368 e. The van der Waals surface area contributed by atoms with Crippen molar-refractivity contribution < 1.29 is 4.79 Å². The van der Waals surface area contributed by atoms with E-state index in [-0.39, 0.29) is 0 Å². The number of azide groups is 1. The molecule has 6 heteroatoms. The van der Waals surface area contributed by atoms with Gasteiger partial charge in [-0.2, -0.15) is 0 Å². The zero-order chi connectivity index (χ0) is 13.8. The zero-order valence-corrected chi connectivity index (χ0v) is 10.9. The molecule has 0 saturated carbocycles. The average molecular weight is 259 g/mol. The summed E-state index contributed by atoms with van der Waals surface area (Å²) in [7, 11) is 0. The van der Waals surface area contributed by atoms with Gasteiger partial charge in [0.2, 0.25) is 5.91 Å². The van der Waals surface area contributed by atoms with E-state index in [0.717, 1.165) is 25.1 Å². The lowest BCUT2D eigenvalue weighted by Gasteiger charge is -2.36. The van der Waals surface area contributed by atoms with E-state index >= 15 is 0 Å². The van der Waals surface area contributed by atoms with Gasteiger partial charge in [-0.3, -0.25) is 4.79 Å². The summed E-state index contributed by atoms with van der Waals surface area (Å²) in [6.45, 7) is 3.09. The molecule has 1 heterocycles. The summed E-state index contributed by atoms with van der Waals surface area (Å²) in [5.41, 5.74) is 15.6. The van der Waals surface area contributed by atoms with Gasteiger partial charge in [-0.05, 0) is 49.9 Å². The Morgan fingerprint density at radius 2 is 2.32 bits per heavy atom. The molecule has 0 spiro atoms. The molecule has 6 nitrogen and oxygen atoms in total. The molecule has 0 aromatic heterocycles. The van der Waals surface area contributed by atoms with Crippen LogP contribution in [0.1, 0.15) is 36.5 Å². The molecule has 1 aromatic carbocycles. The van der Waals surface area contributed by atoms with Crippen LogP contribution in [0.2, 0.25) is 0 Å². The number of benzene rings is 1. The van der Waals surface area contributed by atoms with E-state index in [0.29, 0.717) is 17.3 Å². The minimum atomic E-state index is -0.521. The van der Waals surface area contributed by atoms with Gasteiger partial charge in [0.1, 0.15) is 0 Å². The van der Waals surface area contributed by atoms with E-state index in [1.807, 2.05) is 6.07 Å². The van der Waals surface area contributed by atoms with Crippen LogP contribution in [0.25, 0.3) is 10.4 Å². The zero-order valence-electron chi connectivity index (χ0n) is 10.9. The Labute approximate surface area is 111 Å². The molecule has 19 heavy (non-hydrogen) atoms. The summed E-state index contributed by atoms with van der Waals surface area (Å²) in [6.07, 6.45) is 3.46. The highest BCUT2D eigenvalue weighted by Gasteiger charge is 2.21. The van der Waals surface area contributed by atoms with Crippen molar-refractivity contribution in [1.82, 2.24) is 0 Å². The number of carbonyl (C=O) groups excluding carboxylic acids is 1.